The van der Waals surface area contributed by atoms with Crippen LogP contribution in [0.3, 0.4) is 0 Å². The van der Waals surface area contributed by atoms with Gasteiger partial charge in [-0.15, -0.1) is 0 Å². The molecular formula is C13H15ClN2O5. The minimum Gasteiger partial charge on any atom is -0.376 e. The Kier molecular flexibility index (Phi) is 5.03. The molecule has 1 atom stereocenters. The lowest BCUT2D eigenvalue weighted by molar-refractivity contribution is -0.384. The second-order valence-electron chi connectivity index (χ2n) is 5.43. The monoisotopic (exact) mass is 314 g/mol. The lowest BCUT2D eigenvalue weighted by Crippen LogP contribution is -2.41. The first-order valence-electron chi connectivity index (χ1n) is 6.01. The molecular weight excluding hydrogens is 300 g/mol. The Hall–Kier alpha value is -1.99. The molecule has 8 heteroatoms. The summed E-state index contributed by atoms with van der Waals surface area (Å²) in [5.41, 5.74) is -1.22. The van der Waals surface area contributed by atoms with Crippen LogP contribution in [0.1, 0.15) is 20.8 Å². The van der Waals surface area contributed by atoms with Gasteiger partial charge in [0.25, 0.3) is 11.6 Å². The van der Waals surface area contributed by atoms with E-state index in [1.54, 1.807) is 20.8 Å². The van der Waals surface area contributed by atoms with Crippen molar-refractivity contribution in [1.82, 2.24) is 0 Å². The van der Waals surface area contributed by atoms with Gasteiger partial charge in [-0.3, -0.25) is 19.7 Å². The van der Waals surface area contributed by atoms with Crippen LogP contribution in [-0.4, -0.2) is 27.8 Å². The summed E-state index contributed by atoms with van der Waals surface area (Å²) in [4.78, 5) is 33.6. The van der Waals surface area contributed by atoms with E-state index < -0.39 is 28.1 Å². The van der Waals surface area contributed by atoms with Crippen molar-refractivity contribution in [1.29, 1.82) is 0 Å². The van der Waals surface area contributed by atoms with Gasteiger partial charge < -0.3 is 10.4 Å². The third-order valence-corrected chi connectivity index (χ3v) is 2.98. The van der Waals surface area contributed by atoms with Gasteiger partial charge >= 0.3 is 0 Å². The summed E-state index contributed by atoms with van der Waals surface area (Å²) in [5.74, 6) is -1.65. The Morgan fingerprint density at radius 2 is 1.95 bits per heavy atom. The van der Waals surface area contributed by atoms with E-state index in [4.69, 9.17) is 11.6 Å². The quantitative estimate of drug-likeness (QED) is 0.503. The van der Waals surface area contributed by atoms with Gasteiger partial charge in [-0.2, -0.15) is 0 Å². The fourth-order valence-corrected chi connectivity index (χ4v) is 1.62. The molecule has 0 fully saturated rings. The number of carbonyl (C=O) groups is 2. The zero-order chi connectivity index (χ0) is 16.4. The number of non-ortho nitro benzene ring substituents is 1. The van der Waals surface area contributed by atoms with Crippen LogP contribution in [0.2, 0.25) is 5.02 Å². The molecule has 0 saturated heterocycles. The number of ketones is 1. The third kappa shape index (κ3) is 4.24. The molecule has 0 aliphatic carbocycles. The molecule has 1 amide bonds. The minimum absolute atomic E-state index is 0.0448. The van der Waals surface area contributed by atoms with Gasteiger partial charge in [-0.25, -0.2) is 0 Å². The Balaban J connectivity index is 2.96. The standard InChI is InChI=1S/C13H15ClN2O5/c1-13(2,3)11(18)10(17)12(19)15-9-6-7(16(20)21)4-5-8(9)14/h4-6,10,17H,1-3H3,(H,15,19). The number of rotatable bonds is 4. The number of hydrogen-bond donors (Lipinski definition) is 2. The van der Waals surface area contributed by atoms with Gasteiger partial charge in [-0.1, -0.05) is 32.4 Å². The highest BCUT2D eigenvalue weighted by Gasteiger charge is 2.33. The molecule has 0 aliphatic rings. The molecule has 0 saturated carbocycles. The second kappa shape index (κ2) is 6.19. The van der Waals surface area contributed by atoms with E-state index in [0.717, 1.165) is 6.07 Å². The second-order valence-corrected chi connectivity index (χ2v) is 5.83. The van der Waals surface area contributed by atoms with Crippen LogP contribution < -0.4 is 5.32 Å². The van der Waals surface area contributed by atoms with Crippen molar-refractivity contribution in [2.24, 2.45) is 5.41 Å². The molecule has 2 N–H and O–H groups in total. The van der Waals surface area contributed by atoms with E-state index in [2.05, 4.69) is 5.32 Å². The maximum atomic E-state index is 11.8. The zero-order valence-electron chi connectivity index (χ0n) is 11.7. The van der Waals surface area contributed by atoms with Crippen LogP contribution in [0.4, 0.5) is 11.4 Å². The molecule has 0 heterocycles. The van der Waals surface area contributed by atoms with Crippen molar-refractivity contribution in [2.75, 3.05) is 5.32 Å². The van der Waals surface area contributed by atoms with Crippen molar-refractivity contribution in [3.05, 3.63) is 33.3 Å². The molecule has 1 aromatic rings. The smallest absolute Gasteiger partial charge is 0.271 e. The minimum atomic E-state index is -1.87. The lowest BCUT2D eigenvalue weighted by Gasteiger charge is -2.20. The molecule has 1 aromatic carbocycles. The number of halogens is 1. The predicted molar refractivity (Wildman–Crippen MR) is 77.2 cm³/mol. The molecule has 0 spiro atoms. The van der Waals surface area contributed by atoms with Crippen LogP contribution in [0, 0.1) is 15.5 Å². The summed E-state index contributed by atoms with van der Waals surface area (Å²) < 4.78 is 0. The van der Waals surface area contributed by atoms with Crippen molar-refractivity contribution in [3.63, 3.8) is 0 Å². The van der Waals surface area contributed by atoms with Gasteiger partial charge in [0.1, 0.15) is 0 Å². The first-order chi connectivity index (χ1) is 9.54. The lowest BCUT2D eigenvalue weighted by atomic mass is 9.87. The van der Waals surface area contributed by atoms with Crippen molar-refractivity contribution in [3.8, 4) is 0 Å². The predicted octanol–water partition coefficient (Wildman–Crippen LogP) is 2.16. The number of carbonyl (C=O) groups excluding carboxylic acids is 2. The van der Waals surface area contributed by atoms with Gasteiger partial charge in [0.05, 0.1) is 15.6 Å². The van der Waals surface area contributed by atoms with E-state index in [0.29, 0.717) is 0 Å². The molecule has 0 bridgehead atoms. The fourth-order valence-electron chi connectivity index (χ4n) is 1.45. The Morgan fingerprint density at radius 3 is 2.43 bits per heavy atom. The number of nitro benzene ring substituents is 1. The SMILES string of the molecule is CC(C)(C)C(=O)C(O)C(=O)Nc1cc([N+](=O)[O-])ccc1Cl. The molecule has 0 radical (unpaired) electrons. The Bertz CT molecular complexity index is 595. The Morgan fingerprint density at radius 1 is 1.38 bits per heavy atom. The summed E-state index contributed by atoms with van der Waals surface area (Å²) in [6, 6.07) is 3.47. The molecule has 7 nitrogen and oxygen atoms in total. The first kappa shape index (κ1) is 17.1. The van der Waals surface area contributed by atoms with E-state index in [1.807, 2.05) is 0 Å². The highest BCUT2D eigenvalue weighted by atomic mass is 35.5. The van der Waals surface area contributed by atoms with E-state index in [1.165, 1.54) is 12.1 Å². The number of nitrogens with one attached hydrogen (secondary N) is 1. The summed E-state index contributed by atoms with van der Waals surface area (Å²) in [5, 5.41) is 22.7. The number of aliphatic hydroxyl groups excluding tert-OH is 1. The van der Waals surface area contributed by atoms with Crippen LogP contribution in [-0.2, 0) is 9.59 Å². The number of aliphatic hydroxyl groups is 1. The summed E-state index contributed by atoms with van der Waals surface area (Å²) in [7, 11) is 0. The fraction of sp³-hybridized carbons (Fsp3) is 0.385. The van der Waals surface area contributed by atoms with Gasteiger partial charge in [0, 0.05) is 17.5 Å². The van der Waals surface area contributed by atoms with Crippen LogP contribution in [0.15, 0.2) is 18.2 Å². The number of hydrogen-bond acceptors (Lipinski definition) is 5. The zero-order valence-corrected chi connectivity index (χ0v) is 12.5. The van der Waals surface area contributed by atoms with Crippen molar-refractivity contribution in [2.45, 2.75) is 26.9 Å². The highest BCUT2D eigenvalue weighted by molar-refractivity contribution is 6.34. The van der Waals surface area contributed by atoms with Crippen LogP contribution in [0.5, 0.6) is 0 Å². The van der Waals surface area contributed by atoms with Gasteiger partial charge in [0.15, 0.2) is 11.9 Å². The topological polar surface area (TPSA) is 110 Å². The highest BCUT2D eigenvalue weighted by Crippen LogP contribution is 2.27. The first-order valence-corrected chi connectivity index (χ1v) is 6.39. The largest absolute Gasteiger partial charge is 0.376 e. The normalized spacial score (nSPS) is 12.6. The van der Waals surface area contributed by atoms with Gasteiger partial charge in [-0.05, 0) is 6.07 Å². The maximum Gasteiger partial charge on any atom is 0.271 e. The molecule has 1 rings (SSSR count). The van der Waals surface area contributed by atoms with E-state index in [-0.39, 0.29) is 16.4 Å². The molecule has 0 aromatic heterocycles. The maximum absolute atomic E-state index is 11.8. The molecule has 0 aliphatic heterocycles. The average molecular weight is 315 g/mol. The molecule has 21 heavy (non-hydrogen) atoms. The summed E-state index contributed by atoms with van der Waals surface area (Å²) in [6.45, 7) is 4.69. The van der Waals surface area contributed by atoms with Gasteiger partial charge in [0.2, 0.25) is 0 Å². The van der Waals surface area contributed by atoms with Crippen molar-refractivity contribution < 1.29 is 19.6 Å². The third-order valence-electron chi connectivity index (χ3n) is 2.65. The Labute approximate surface area is 126 Å². The number of Topliss-reactive ketones (excluding diaryl/α,β-unsaturated/α-hetero) is 1. The van der Waals surface area contributed by atoms with Crippen molar-refractivity contribution >= 4 is 34.7 Å². The summed E-state index contributed by atoms with van der Waals surface area (Å²) >= 11 is 5.82. The average Bonchev–Trinajstić information content (AvgIpc) is 2.38. The summed E-state index contributed by atoms with van der Waals surface area (Å²) in [6.07, 6.45) is -1.87. The molecule has 114 valence electrons. The molecule has 1 unspecified atom stereocenters. The number of amides is 1. The van der Waals surface area contributed by atoms with E-state index in [9.17, 15) is 24.8 Å². The number of nitro groups is 1. The van der Waals surface area contributed by atoms with Crippen LogP contribution in [0.25, 0.3) is 0 Å². The number of benzene rings is 1. The number of nitrogens with zero attached hydrogens (tertiary/aromatic N) is 1. The van der Waals surface area contributed by atoms with E-state index >= 15 is 0 Å². The van der Waals surface area contributed by atoms with Crippen LogP contribution >= 0.6 is 11.6 Å². The number of anilines is 1.